The van der Waals surface area contributed by atoms with E-state index in [0.29, 0.717) is 19.3 Å². The summed E-state index contributed by atoms with van der Waals surface area (Å²) in [5.41, 5.74) is 0. The van der Waals surface area contributed by atoms with Crippen molar-refractivity contribution in [2.45, 2.75) is 310 Å². The fourth-order valence-electron chi connectivity index (χ4n) is 7.29. The normalized spacial score (nSPS) is 11.0. The van der Waals surface area contributed by atoms with Gasteiger partial charge in [-0.05, 0) is 25.7 Å². The van der Waals surface area contributed by atoms with Crippen molar-refractivity contribution in [3.63, 3.8) is 0 Å². The number of aliphatic carboxylic acids is 2. The molecule has 0 aromatic carbocycles. The zero-order valence-electron chi connectivity index (χ0n) is 38.3. The van der Waals surface area contributed by atoms with Crippen molar-refractivity contribution in [3.8, 4) is 0 Å². The molecule has 338 valence electrons. The number of hydrogen-bond donors (Lipinski definition) is 4. The first kappa shape index (κ1) is 59.2. The molecule has 0 radical (unpaired) electrons. The largest absolute Gasteiger partial charge is 0.481 e. The van der Waals surface area contributed by atoms with Gasteiger partial charge in [0.05, 0.1) is 0 Å². The second kappa shape index (κ2) is 56.0. The quantitative estimate of drug-likeness (QED) is 0.0360. The summed E-state index contributed by atoms with van der Waals surface area (Å²) in [6, 6.07) is 0. The highest BCUT2D eigenvalue weighted by molar-refractivity contribution is 5.66. The van der Waals surface area contributed by atoms with Crippen LogP contribution < -0.4 is 0 Å². The lowest BCUT2D eigenvalue weighted by atomic mass is 10.0. The van der Waals surface area contributed by atoms with Crippen LogP contribution in [-0.2, 0) is 9.59 Å². The van der Waals surface area contributed by atoms with Crippen molar-refractivity contribution >= 4 is 11.9 Å². The van der Waals surface area contributed by atoms with Crippen LogP contribution in [0.2, 0.25) is 0 Å². The minimum Gasteiger partial charge on any atom is -0.481 e. The highest BCUT2D eigenvalue weighted by Gasteiger charge is 1.99. The molecule has 0 heterocycles. The molecule has 56 heavy (non-hydrogen) atoms. The Labute approximate surface area is 350 Å². The van der Waals surface area contributed by atoms with Crippen molar-refractivity contribution in [2.75, 3.05) is 0 Å². The second-order valence-corrected chi connectivity index (χ2v) is 17.0. The van der Waals surface area contributed by atoms with Gasteiger partial charge in [0.25, 0.3) is 0 Å². The van der Waals surface area contributed by atoms with Gasteiger partial charge in [-0.3, -0.25) is 9.59 Å². The summed E-state index contributed by atoms with van der Waals surface area (Å²) in [6.07, 6.45) is 54.8. The van der Waals surface area contributed by atoms with E-state index >= 15 is 0 Å². The smallest absolute Gasteiger partial charge is 0.303 e. The summed E-state index contributed by atoms with van der Waals surface area (Å²) in [5, 5.41) is 33.8. The average molecular weight is 799 g/mol. The maximum atomic E-state index is 10.4. The Bertz CT molecular complexity index is 660. The topological polar surface area (TPSA) is 115 Å². The van der Waals surface area contributed by atoms with Crippen LogP contribution in [-0.4, -0.2) is 38.7 Å². The predicted molar refractivity (Wildman–Crippen MR) is 244 cm³/mol. The summed E-state index contributed by atoms with van der Waals surface area (Å²) in [4.78, 5) is 20.8. The van der Waals surface area contributed by atoms with E-state index in [9.17, 15) is 9.59 Å². The van der Waals surface area contributed by atoms with Gasteiger partial charge in [0.15, 0.2) is 6.29 Å². The third kappa shape index (κ3) is 67.6. The van der Waals surface area contributed by atoms with Crippen LogP contribution >= 0.6 is 0 Å². The lowest BCUT2D eigenvalue weighted by Gasteiger charge is -2.03. The van der Waals surface area contributed by atoms with Gasteiger partial charge in [0, 0.05) is 12.8 Å². The highest BCUT2D eigenvalue weighted by Crippen LogP contribution is 2.16. The first-order valence-electron chi connectivity index (χ1n) is 25.1. The Kier molecular flexibility index (Phi) is 59.1. The van der Waals surface area contributed by atoms with Gasteiger partial charge in [-0.25, -0.2) is 0 Å². The number of carboxylic acids is 2. The minimum atomic E-state index is -1.10. The molecule has 0 aliphatic heterocycles. The Morgan fingerprint density at radius 1 is 0.286 bits per heavy atom. The maximum Gasteiger partial charge on any atom is 0.303 e. The number of unbranched alkanes of at least 4 members (excludes halogenated alkanes) is 38. The molecule has 4 N–H and O–H groups in total. The van der Waals surface area contributed by atoms with Crippen molar-refractivity contribution in [2.24, 2.45) is 0 Å². The molecule has 0 saturated carbocycles. The lowest BCUT2D eigenvalue weighted by Crippen LogP contribution is -2.02. The molecule has 0 unspecified atom stereocenters. The zero-order chi connectivity index (χ0) is 41.8. The van der Waals surface area contributed by atoms with E-state index in [1.165, 1.54) is 218 Å². The molecule has 6 nitrogen and oxygen atoms in total. The van der Waals surface area contributed by atoms with Crippen molar-refractivity contribution in [1.82, 2.24) is 0 Å². The van der Waals surface area contributed by atoms with Crippen LogP contribution in [0.1, 0.15) is 303 Å². The molecular weight excluding hydrogens is 697 g/mol. The zero-order valence-corrected chi connectivity index (χ0v) is 38.3. The maximum absolute atomic E-state index is 10.4. The van der Waals surface area contributed by atoms with E-state index in [1.807, 2.05) is 0 Å². The molecular formula is C50H102O6. The van der Waals surface area contributed by atoms with E-state index in [4.69, 9.17) is 20.4 Å². The fourth-order valence-corrected chi connectivity index (χ4v) is 7.29. The third-order valence-corrected chi connectivity index (χ3v) is 11.1. The van der Waals surface area contributed by atoms with Gasteiger partial charge in [-0.15, -0.1) is 0 Å². The third-order valence-electron chi connectivity index (χ3n) is 11.1. The molecule has 0 aromatic heterocycles. The molecule has 0 amide bonds. The van der Waals surface area contributed by atoms with Crippen LogP contribution in [0.25, 0.3) is 0 Å². The van der Waals surface area contributed by atoms with Gasteiger partial charge in [0.2, 0.25) is 0 Å². The SMILES string of the molecule is CCCCCC(O)O.CCCCCCCCCCCCCCCCCCCCCC(=O)O.CCCCCCCCCCCCCCCCCCCCCC(=O)O. The number of hydrogen-bond acceptors (Lipinski definition) is 4. The Morgan fingerprint density at radius 3 is 0.607 bits per heavy atom. The Balaban J connectivity index is -0.000000839. The molecule has 0 bridgehead atoms. The van der Waals surface area contributed by atoms with Gasteiger partial charge in [-0.2, -0.15) is 0 Å². The first-order valence-corrected chi connectivity index (χ1v) is 25.1. The first-order chi connectivity index (χ1) is 27.3. The van der Waals surface area contributed by atoms with Crippen LogP contribution in [0.15, 0.2) is 0 Å². The van der Waals surface area contributed by atoms with E-state index in [2.05, 4.69) is 20.8 Å². The Morgan fingerprint density at radius 2 is 0.446 bits per heavy atom. The van der Waals surface area contributed by atoms with Crippen LogP contribution in [0, 0.1) is 0 Å². The molecule has 6 heteroatoms. The number of rotatable bonds is 44. The van der Waals surface area contributed by atoms with Gasteiger partial charge >= 0.3 is 11.9 Å². The molecule has 0 aliphatic carbocycles. The monoisotopic (exact) mass is 799 g/mol. The molecule has 0 atom stereocenters. The molecule has 0 spiro atoms. The molecule has 0 fully saturated rings. The van der Waals surface area contributed by atoms with Crippen molar-refractivity contribution in [1.29, 1.82) is 0 Å². The average Bonchev–Trinajstić information content (AvgIpc) is 3.17. The van der Waals surface area contributed by atoms with Gasteiger partial charge < -0.3 is 20.4 Å². The number of carbonyl (C=O) groups is 2. The Hall–Kier alpha value is -1.14. The molecule has 0 saturated heterocycles. The van der Waals surface area contributed by atoms with Gasteiger partial charge in [0.1, 0.15) is 0 Å². The summed E-state index contributed by atoms with van der Waals surface area (Å²) in [6.45, 7) is 6.65. The van der Waals surface area contributed by atoms with Crippen molar-refractivity contribution in [3.05, 3.63) is 0 Å². The second-order valence-electron chi connectivity index (χ2n) is 17.0. The summed E-state index contributed by atoms with van der Waals surface area (Å²) >= 11 is 0. The minimum absolute atomic E-state index is 0.346. The van der Waals surface area contributed by atoms with Gasteiger partial charge in [-0.1, -0.05) is 265 Å². The molecule has 0 rings (SSSR count). The molecule has 0 aromatic rings. The fraction of sp³-hybridized carbons (Fsp3) is 0.960. The molecule has 0 aliphatic rings. The van der Waals surface area contributed by atoms with Crippen LogP contribution in [0.3, 0.4) is 0 Å². The van der Waals surface area contributed by atoms with Crippen LogP contribution in [0.5, 0.6) is 0 Å². The number of carboxylic acid groups (broad SMARTS) is 2. The van der Waals surface area contributed by atoms with Crippen LogP contribution in [0.4, 0.5) is 0 Å². The van der Waals surface area contributed by atoms with E-state index in [0.717, 1.165) is 44.9 Å². The highest BCUT2D eigenvalue weighted by atomic mass is 16.5. The number of aliphatic hydroxyl groups excluding tert-OH is 1. The standard InChI is InChI=1S/2C22H44O2.C6H14O2/c2*1-2-3-4-5-6-7-8-9-10-11-12-13-14-15-16-17-18-19-20-21-22(23)24;1-2-3-4-5-6(7)8/h2*2-21H2,1H3,(H,23,24);6-8H,2-5H2,1H3. The summed E-state index contributed by atoms with van der Waals surface area (Å²) in [5.74, 6) is -1.30. The summed E-state index contributed by atoms with van der Waals surface area (Å²) in [7, 11) is 0. The number of aliphatic hydroxyl groups is 2. The van der Waals surface area contributed by atoms with E-state index in [1.54, 1.807) is 0 Å². The van der Waals surface area contributed by atoms with E-state index < -0.39 is 18.2 Å². The van der Waals surface area contributed by atoms with E-state index in [-0.39, 0.29) is 0 Å². The van der Waals surface area contributed by atoms with Crippen molar-refractivity contribution < 1.29 is 30.0 Å². The predicted octanol–water partition coefficient (Wildman–Crippen LogP) is 16.7. The lowest BCUT2D eigenvalue weighted by molar-refractivity contribution is -0.138. The summed E-state index contributed by atoms with van der Waals surface area (Å²) < 4.78 is 0.